The van der Waals surface area contributed by atoms with Gasteiger partial charge in [-0.3, -0.25) is 9.35 Å². The van der Waals surface area contributed by atoms with Crippen LogP contribution in [-0.4, -0.2) is 53.1 Å². The minimum absolute atomic E-state index is 0.281. The molecule has 3 atom stereocenters. The van der Waals surface area contributed by atoms with Gasteiger partial charge in [-0.25, -0.2) is 0 Å². The third-order valence-electron chi connectivity index (χ3n) is 6.07. The van der Waals surface area contributed by atoms with Crippen LogP contribution < -0.4 is 5.32 Å². The average molecular weight is 506 g/mol. The first kappa shape index (κ1) is 33.0. The molecule has 8 heteroatoms. The highest BCUT2D eigenvalue weighted by molar-refractivity contribution is 7.85. The van der Waals surface area contributed by atoms with Crippen molar-refractivity contribution >= 4 is 16.0 Å². The van der Waals surface area contributed by atoms with Crippen molar-refractivity contribution in [1.29, 1.82) is 0 Å². The van der Waals surface area contributed by atoms with E-state index in [-0.39, 0.29) is 6.42 Å². The van der Waals surface area contributed by atoms with Crippen LogP contribution in [0.2, 0.25) is 0 Å². The molecule has 7 nitrogen and oxygen atoms in total. The van der Waals surface area contributed by atoms with Gasteiger partial charge in [0, 0.05) is 0 Å². The fourth-order valence-corrected chi connectivity index (χ4v) is 4.66. The molecule has 0 aliphatic heterocycles. The minimum atomic E-state index is -4.41. The molecule has 0 aromatic rings. The van der Waals surface area contributed by atoms with Crippen LogP contribution in [0.25, 0.3) is 0 Å². The molecule has 0 aliphatic rings. The van der Waals surface area contributed by atoms with Crippen molar-refractivity contribution in [1.82, 2.24) is 5.32 Å². The first-order valence-corrected chi connectivity index (χ1v) is 15.1. The van der Waals surface area contributed by atoms with Crippen molar-refractivity contribution < 1.29 is 28.0 Å². The van der Waals surface area contributed by atoms with E-state index >= 15 is 0 Å². The van der Waals surface area contributed by atoms with Gasteiger partial charge in [0.15, 0.2) is 0 Å². The lowest BCUT2D eigenvalue weighted by Crippen LogP contribution is -2.50. The van der Waals surface area contributed by atoms with Crippen LogP contribution in [0, 0.1) is 0 Å². The van der Waals surface area contributed by atoms with Crippen LogP contribution in [-0.2, 0) is 14.9 Å². The number of aliphatic hydroxyl groups is 2. The van der Waals surface area contributed by atoms with E-state index in [0.717, 1.165) is 38.5 Å². The molecule has 0 rings (SSSR count). The summed E-state index contributed by atoms with van der Waals surface area (Å²) in [5, 5.41) is 22.9. The van der Waals surface area contributed by atoms with Crippen LogP contribution in [0.5, 0.6) is 0 Å². The predicted octanol–water partition coefficient (Wildman–Crippen LogP) is 5.31. The minimum Gasteiger partial charge on any atom is -0.387 e. The summed E-state index contributed by atoms with van der Waals surface area (Å²) in [4.78, 5) is 12.3. The van der Waals surface area contributed by atoms with Crippen molar-refractivity contribution in [3.63, 3.8) is 0 Å². The fourth-order valence-electron chi connectivity index (χ4n) is 3.92. The van der Waals surface area contributed by atoms with E-state index in [9.17, 15) is 28.0 Å². The van der Waals surface area contributed by atoms with Crippen LogP contribution in [0.3, 0.4) is 0 Å². The molecule has 0 aromatic carbocycles. The lowest BCUT2D eigenvalue weighted by Gasteiger charge is -2.22. The van der Waals surface area contributed by atoms with E-state index in [2.05, 4.69) is 19.2 Å². The standard InChI is InChI=1S/C26H51NO6S/c1-3-5-7-9-11-13-15-16-18-20-24(28)23(22-34(31,32)33)27-26(30)25(29)21-19-17-14-12-10-8-6-4-2/h18,20,23-25,28-29H,3-17,19,21-22H2,1-2H3,(H,27,30)(H,31,32,33)/b20-18+. The quantitative estimate of drug-likeness (QED) is 0.0847. The zero-order valence-corrected chi connectivity index (χ0v) is 22.4. The molecule has 0 aliphatic carbocycles. The molecular formula is C26H51NO6S. The van der Waals surface area contributed by atoms with Gasteiger partial charge in [0.2, 0.25) is 5.91 Å². The Morgan fingerprint density at radius 1 is 0.794 bits per heavy atom. The third-order valence-corrected chi connectivity index (χ3v) is 6.85. The number of carbonyl (C=O) groups excluding carboxylic acids is 1. The largest absolute Gasteiger partial charge is 0.387 e. The number of amides is 1. The molecule has 0 saturated carbocycles. The van der Waals surface area contributed by atoms with Crippen LogP contribution in [0.1, 0.15) is 123 Å². The second-order valence-corrected chi connectivity index (χ2v) is 11.0. The highest BCUT2D eigenvalue weighted by atomic mass is 32.2. The molecule has 0 fully saturated rings. The smallest absolute Gasteiger partial charge is 0.267 e. The summed E-state index contributed by atoms with van der Waals surface area (Å²) in [7, 11) is -4.41. The number of carbonyl (C=O) groups is 1. The van der Waals surface area contributed by atoms with Gasteiger partial charge in [-0.05, 0) is 19.3 Å². The van der Waals surface area contributed by atoms with E-state index in [4.69, 9.17) is 0 Å². The lowest BCUT2D eigenvalue weighted by atomic mass is 10.0. The topological polar surface area (TPSA) is 124 Å². The molecule has 4 N–H and O–H groups in total. The van der Waals surface area contributed by atoms with Crippen molar-refractivity contribution in [2.45, 2.75) is 141 Å². The second kappa shape index (κ2) is 21.3. The summed E-state index contributed by atoms with van der Waals surface area (Å²) in [6.07, 6.45) is 18.7. The van der Waals surface area contributed by atoms with Gasteiger partial charge >= 0.3 is 0 Å². The number of rotatable bonds is 23. The number of nitrogens with one attached hydrogen (secondary N) is 1. The molecule has 0 aromatic heterocycles. The Morgan fingerprint density at radius 2 is 1.26 bits per heavy atom. The Bertz CT molecular complexity index is 623. The fraction of sp³-hybridized carbons (Fsp3) is 0.885. The first-order chi connectivity index (χ1) is 16.2. The van der Waals surface area contributed by atoms with Crippen molar-refractivity contribution in [3.8, 4) is 0 Å². The van der Waals surface area contributed by atoms with Gasteiger partial charge < -0.3 is 15.5 Å². The average Bonchev–Trinajstić information content (AvgIpc) is 2.78. The van der Waals surface area contributed by atoms with Gasteiger partial charge in [0.05, 0.1) is 17.9 Å². The lowest BCUT2D eigenvalue weighted by molar-refractivity contribution is -0.130. The Hall–Kier alpha value is -0.960. The Balaban J connectivity index is 4.38. The maximum Gasteiger partial charge on any atom is 0.267 e. The van der Waals surface area contributed by atoms with Gasteiger partial charge in [0.25, 0.3) is 10.1 Å². The molecule has 34 heavy (non-hydrogen) atoms. The summed E-state index contributed by atoms with van der Waals surface area (Å²) in [5.74, 6) is -1.54. The number of allylic oxidation sites excluding steroid dienone is 1. The summed E-state index contributed by atoms with van der Waals surface area (Å²) in [6.45, 7) is 4.37. The molecule has 0 radical (unpaired) electrons. The van der Waals surface area contributed by atoms with Crippen molar-refractivity contribution in [3.05, 3.63) is 12.2 Å². The highest BCUT2D eigenvalue weighted by Gasteiger charge is 2.27. The zero-order chi connectivity index (χ0) is 25.7. The van der Waals surface area contributed by atoms with Crippen molar-refractivity contribution in [2.24, 2.45) is 0 Å². The van der Waals surface area contributed by atoms with E-state index in [1.54, 1.807) is 6.08 Å². The number of hydrogen-bond acceptors (Lipinski definition) is 5. The Kier molecular flexibility index (Phi) is 20.7. The molecule has 3 unspecified atom stereocenters. The zero-order valence-electron chi connectivity index (χ0n) is 21.6. The summed E-state index contributed by atoms with van der Waals surface area (Å²) >= 11 is 0. The summed E-state index contributed by atoms with van der Waals surface area (Å²) in [6, 6.07) is -1.22. The Labute approximate surface area is 208 Å². The maximum atomic E-state index is 12.3. The predicted molar refractivity (Wildman–Crippen MR) is 139 cm³/mol. The molecular weight excluding hydrogens is 454 g/mol. The van der Waals surface area contributed by atoms with E-state index < -0.39 is 40.0 Å². The number of aliphatic hydroxyl groups excluding tert-OH is 2. The molecule has 0 saturated heterocycles. The van der Waals surface area contributed by atoms with Crippen LogP contribution in [0.15, 0.2) is 12.2 Å². The van der Waals surface area contributed by atoms with E-state index in [1.165, 1.54) is 63.9 Å². The van der Waals surface area contributed by atoms with Crippen molar-refractivity contribution in [2.75, 3.05) is 5.75 Å². The third kappa shape index (κ3) is 20.4. The second-order valence-electron chi connectivity index (χ2n) is 9.47. The molecule has 0 spiro atoms. The molecule has 0 heterocycles. The van der Waals surface area contributed by atoms with E-state index in [1.807, 2.05) is 0 Å². The SMILES string of the molecule is CCCCCCCCC/C=C/C(O)C(CS(=O)(=O)O)NC(=O)C(O)CCCCCCCCCC. The normalized spacial score (nSPS) is 14.9. The number of hydrogen-bond donors (Lipinski definition) is 4. The molecule has 202 valence electrons. The van der Waals surface area contributed by atoms with Gasteiger partial charge in [-0.2, -0.15) is 8.42 Å². The van der Waals surface area contributed by atoms with Gasteiger partial charge in [-0.15, -0.1) is 0 Å². The Morgan fingerprint density at radius 3 is 1.76 bits per heavy atom. The van der Waals surface area contributed by atoms with Gasteiger partial charge in [0.1, 0.15) is 6.10 Å². The highest BCUT2D eigenvalue weighted by Crippen LogP contribution is 2.12. The van der Waals surface area contributed by atoms with Crippen LogP contribution in [0.4, 0.5) is 0 Å². The monoisotopic (exact) mass is 505 g/mol. The van der Waals surface area contributed by atoms with Crippen LogP contribution >= 0.6 is 0 Å². The molecule has 1 amide bonds. The maximum absolute atomic E-state index is 12.3. The molecule has 0 bridgehead atoms. The first-order valence-electron chi connectivity index (χ1n) is 13.5. The van der Waals surface area contributed by atoms with Gasteiger partial charge in [-0.1, -0.05) is 116 Å². The van der Waals surface area contributed by atoms with E-state index in [0.29, 0.717) is 6.42 Å². The number of unbranched alkanes of at least 4 members (excludes halogenated alkanes) is 14. The summed E-state index contributed by atoms with van der Waals surface area (Å²) < 4.78 is 32.0. The summed E-state index contributed by atoms with van der Waals surface area (Å²) in [5.41, 5.74) is 0.